The van der Waals surface area contributed by atoms with Crippen LogP contribution in [0.15, 0.2) is 47.5 Å². The lowest BCUT2D eigenvalue weighted by molar-refractivity contribution is -0.384. The van der Waals surface area contributed by atoms with Crippen LogP contribution >= 0.6 is 0 Å². The molecule has 1 aromatic carbocycles. The van der Waals surface area contributed by atoms with E-state index < -0.39 is 4.92 Å². The Kier molecular flexibility index (Phi) is 3.61. The summed E-state index contributed by atoms with van der Waals surface area (Å²) in [4.78, 5) is 21.5. The number of rotatable bonds is 4. The molecule has 0 bridgehead atoms. The zero-order chi connectivity index (χ0) is 13.8. The fourth-order valence-electron chi connectivity index (χ4n) is 1.80. The van der Waals surface area contributed by atoms with Crippen molar-refractivity contribution in [2.24, 2.45) is 0 Å². The van der Waals surface area contributed by atoms with Gasteiger partial charge in [0.15, 0.2) is 5.43 Å². The molecule has 1 aromatic heterocycles. The van der Waals surface area contributed by atoms with Crippen molar-refractivity contribution in [3.05, 3.63) is 68.6 Å². The summed E-state index contributed by atoms with van der Waals surface area (Å²) in [6.07, 6.45) is 3.31. The van der Waals surface area contributed by atoms with Gasteiger partial charge in [0.25, 0.3) is 5.69 Å². The van der Waals surface area contributed by atoms with E-state index in [9.17, 15) is 14.9 Å². The van der Waals surface area contributed by atoms with E-state index in [2.05, 4.69) is 5.32 Å². The molecule has 2 aromatic rings. The maximum Gasteiger partial charge on any atom is 0.292 e. The summed E-state index contributed by atoms with van der Waals surface area (Å²) in [5, 5.41) is 13.7. The van der Waals surface area contributed by atoms with Gasteiger partial charge in [-0.2, -0.15) is 0 Å². The van der Waals surface area contributed by atoms with Gasteiger partial charge in [-0.3, -0.25) is 14.9 Å². The first kappa shape index (κ1) is 12.8. The maximum atomic E-state index is 11.0. The van der Waals surface area contributed by atoms with Crippen molar-refractivity contribution in [2.75, 3.05) is 12.4 Å². The molecular weight excluding hydrogens is 246 g/mol. The molecule has 0 spiro atoms. The fraction of sp³-hybridized carbons (Fsp3) is 0.154. The zero-order valence-electron chi connectivity index (χ0n) is 10.4. The molecule has 2 rings (SSSR count). The standard InChI is InChI=1S/C13H13N3O3/c1-14-12-3-2-10(8-13(12)16(18)19)9-15-6-4-11(17)5-7-15/h2-8,14H,9H2,1H3. The molecule has 98 valence electrons. The van der Waals surface area contributed by atoms with Crippen molar-refractivity contribution in [1.29, 1.82) is 0 Å². The molecule has 0 saturated carbocycles. The lowest BCUT2D eigenvalue weighted by Crippen LogP contribution is -2.05. The van der Waals surface area contributed by atoms with E-state index in [-0.39, 0.29) is 11.1 Å². The third kappa shape index (κ3) is 2.98. The number of anilines is 1. The largest absolute Gasteiger partial charge is 0.383 e. The van der Waals surface area contributed by atoms with Crippen molar-refractivity contribution >= 4 is 11.4 Å². The van der Waals surface area contributed by atoms with Crippen LogP contribution in [0, 0.1) is 10.1 Å². The first-order chi connectivity index (χ1) is 9.10. The van der Waals surface area contributed by atoms with Gasteiger partial charge >= 0.3 is 0 Å². The first-order valence-corrected chi connectivity index (χ1v) is 5.71. The Morgan fingerprint density at radius 2 is 1.95 bits per heavy atom. The monoisotopic (exact) mass is 259 g/mol. The van der Waals surface area contributed by atoms with E-state index in [1.54, 1.807) is 30.1 Å². The predicted octanol–water partition coefficient (Wildman–Crippen LogP) is 1.85. The summed E-state index contributed by atoms with van der Waals surface area (Å²) >= 11 is 0. The van der Waals surface area contributed by atoms with Crippen molar-refractivity contribution < 1.29 is 4.92 Å². The number of nitrogens with zero attached hydrogens (tertiary/aromatic N) is 2. The molecular formula is C13H13N3O3. The van der Waals surface area contributed by atoms with E-state index >= 15 is 0 Å². The van der Waals surface area contributed by atoms with Crippen molar-refractivity contribution in [1.82, 2.24) is 4.57 Å². The van der Waals surface area contributed by atoms with E-state index in [0.717, 1.165) is 5.56 Å². The van der Waals surface area contributed by atoms with Gasteiger partial charge in [0, 0.05) is 44.2 Å². The molecule has 6 heteroatoms. The highest BCUT2D eigenvalue weighted by Crippen LogP contribution is 2.25. The number of pyridine rings is 1. The van der Waals surface area contributed by atoms with Gasteiger partial charge in [-0.15, -0.1) is 0 Å². The van der Waals surface area contributed by atoms with E-state index in [1.807, 2.05) is 6.07 Å². The molecule has 6 nitrogen and oxygen atoms in total. The molecule has 0 amide bonds. The molecule has 0 saturated heterocycles. The van der Waals surface area contributed by atoms with Gasteiger partial charge in [0.1, 0.15) is 5.69 Å². The number of hydrogen-bond acceptors (Lipinski definition) is 4. The van der Waals surface area contributed by atoms with Gasteiger partial charge in [0.05, 0.1) is 4.92 Å². The Balaban J connectivity index is 2.30. The van der Waals surface area contributed by atoms with E-state index in [1.165, 1.54) is 18.2 Å². The summed E-state index contributed by atoms with van der Waals surface area (Å²) in [6.45, 7) is 0.477. The Hall–Kier alpha value is -2.63. The van der Waals surface area contributed by atoms with Crippen LogP contribution < -0.4 is 10.7 Å². The van der Waals surface area contributed by atoms with Crippen molar-refractivity contribution in [3.8, 4) is 0 Å². The minimum absolute atomic E-state index is 0.0426. The Morgan fingerprint density at radius 3 is 2.53 bits per heavy atom. The Morgan fingerprint density at radius 1 is 1.26 bits per heavy atom. The number of benzene rings is 1. The second-order valence-electron chi connectivity index (χ2n) is 4.06. The van der Waals surface area contributed by atoms with Crippen LogP contribution in [0.1, 0.15) is 5.56 Å². The van der Waals surface area contributed by atoms with Gasteiger partial charge in [-0.1, -0.05) is 6.07 Å². The number of nitro benzene ring substituents is 1. The smallest absolute Gasteiger partial charge is 0.292 e. The molecule has 1 heterocycles. The van der Waals surface area contributed by atoms with Crippen LogP contribution in [0.5, 0.6) is 0 Å². The van der Waals surface area contributed by atoms with Crippen LogP contribution in [0.3, 0.4) is 0 Å². The van der Waals surface area contributed by atoms with Gasteiger partial charge < -0.3 is 9.88 Å². The third-order valence-corrected chi connectivity index (χ3v) is 2.75. The summed E-state index contributed by atoms with van der Waals surface area (Å²) in [5.41, 5.74) is 1.26. The lowest BCUT2D eigenvalue weighted by atomic mass is 10.1. The third-order valence-electron chi connectivity index (χ3n) is 2.75. The van der Waals surface area contributed by atoms with Crippen LogP contribution in [-0.4, -0.2) is 16.5 Å². The quantitative estimate of drug-likeness (QED) is 0.671. The first-order valence-electron chi connectivity index (χ1n) is 5.71. The van der Waals surface area contributed by atoms with E-state index in [4.69, 9.17) is 0 Å². The number of aromatic nitrogens is 1. The minimum atomic E-state index is -0.416. The van der Waals surface area contributed by atoms with Crippen LogP contribution in [0.25, 0.3) is 0 Å². The molecule has 0 aliphatic rings. The highest BCUT2D eigenvalue weighted by atomic mass is 16.6. The molecule has 0 aliphatic heterocycles. The second-order valence-corrected chi connectivity index (χ2v) is 4.06. The predicted molar refractivity (Wildman–Crippen MR) is 72.4 cm³/mol. The molecule has 0 aliphatic carbocycles. The Labute approximate surface area is 109 Å². The van der Waals surface area contributed by atoms with Crippen LogP contribution in [-0.2, 0) is 6.54 Å². The van der Waals surface area contributed by atoms with Crippen molar-refractivity contribution in [3.63, 3.8) is 0 Å². The summed E-state index contributed by atoms with van der Waals surface area (Å²) < 4.78 is 1.79. The normalized spacial score (nSPS) is 10.2. The molecule has 0 fully saturated rings. The summed E-state index contributed by atoms with van der Waals surface area (Å²) in [6, 6.07) is 7.93. The average molecular weight is 259 g/mol. The van der Waals surface area contributed by atoms with Crippen LogP contribution in [0.4, 0.5) is 11.4 Å². The minimum Gasteiger partial charge on any atom is -0.383 e. The lowest BCUT2D eigenvalue weighted by Gasteiger charge is -2.08. The van der Waals surface area contributed by atoms with Gasteiger partial charge in [-0.25, -0.2) is 0 Å². The molecule has 0 atom stereocenters. The summed E-state index contributed by atoms with van der Waals surface area (Å²) in [7, 11) is 1.64. The fourth-order valence-corrected chi connectivity index (χ4v) is 1.80. The molecule has 19 heavy (non-hydrogen) atoms. The van der Waals surface area contributed by atoms with Gasteiger partial charge in [0.2, 0.25) is 0 Å². The highest BCUT2D eigenvalue weighted by Gasteiger charge is 2.13. The highest BCUT2D eigenvalue weighted by molar-refractivity contribution is 5.62. The maximum absolute atomic E-state index is 11.0. The molecule has 1 N–H and O–H groups in total. The molecule has 0 unspecified atom stereocenters. The van der Waals surface area contributed by atoms with Crippen molar-refractivity contribution in [2.45, 2.75) is 6.54 Å². The SMILES string of the molecule is CNc1ccc(Cn2ccc(=O)cc2)cc1[N+](=O)[O-]. The van der Waals surface area contributed by atoms with E-state index in [0.29, 0.717) is 12.2 Å². The average Bonchev–Trinajstić information content (AvgIpc) is 2.41. The second kappa shape index (κ2) is 5.34. The molecule has 0 radical (unpaired) electrons. The summed E-state index contributed by atoms with van der Waals surface area (Å²) in [5.74, 6) is 0. The van der Waals surface area contributed by atoms with Crippen LogP contribution in [0.2, 0.25) is 0 Å². The Bertz CT molecular complexity index is 644. The van der Waals surface area contributed by atoms with Gasteiger partial charge in [-0.05, 0) is 11.6 Å². The number of nitro groups is 1. The number of nitrogens with one attached hydrogen (secondary N) is 1. The zero-order valence-corrected chi connectivity index (χ0v) is 10.4. The topological polar surface area (TPSA) is 77.2 Å². The number of hydrogen-bond donors (Lipinski definition) is 1.